The van der Waals surface area contributed by atoms with Crippen LogP contribution < -0.4 is 4.74 Å². The second-order valence-corrected chi connectivity index (χ2v) is 9.04. The van der Waals surface area contributed by atoms with Gasteiger partial charge in [-0.05, 0) is 52.4 Å². The molecule has 1 saturated carbocycles. The van der Waals surface area contributed by atoms with Crippen LogP contribution in [0, 0.1) is 0 Å². The molecule has 1 atom stereocenters. The van der Waals surface area contributed by atoms with Crippen molar-refractivity contribution in [3.8, 4) is 16.9 Å². The van der Waals surface area contributed by atoms with Crippen molar-refractivity contribution in [2.75, 3.05) is 39.3 Å². The minimum atomic E-state index is -0.526. The molecule has 0 amide bonds. The van der Waals surface area contributed by atoms with E-state index >= 15 is 0 Å². The summed E-state index contributed by atoms with van der Waals surface area (Å²) in [6.45, 7) is 5.15. The van der Waals surface area contributed by atoms with Crippen LogP contribution >= 0.6 is 0 Å². The van der Waals surface area contributed by atoms with Gasteiger partial charge in [0.2, 0.25) is 0 Å². The summed E-state index contributed by atoms with van der Waals surface area (Å²) in [6, 6.07) is 21.0. The largest absolute Gasteiger partial charge is 0.491 e. The van der Waals surface area contributed by atoms with Crippen molar-refractivity contribution in [1.29, 1.82) is 0 Å². The molecule has 3 aromatic carbocycles. The van der Waals surface area contributed by atoms with Gasteiger partial charge in [-0.2, -0.15) is 0 Å². The van der Waals surface area contributed by atoms with Crippen molar-refractivity contribution in [2.45, 2.75) is 31.6 Å². The molecule has 2 N–H and O–H groups in total. The van der Waals surface area contributed by atoms with Gasteiger partial charge in [-0.15, -0.1) is 0 Å². The second kappa shape index (κ2) is 9.59. The Labute approximate surface area is 189 Å². The predicted octanol–water partition coefficient (Wildman–Crippen LogP) is 3.52. The van der Waals surface area contributed by atoms with Crippen LogP contribution in [0.3, 0.4) is 0 Å². The molecular formula is C27H32N2O3. The van der Waals surface area contributed by atoms with E-state index in [1.165, 1.54) is 12.8 Å². The molecule has 0 aromatic heterocycles. The number of fused-ring (bicyclic) bond motifs is 1. The first-order valence-corrected chi connectivity index (χ1v) is 11.7. The highest BCUT2D eigenvalue weighted by Gasteiger charge is 2.31. The highest BCUT2D eigenvalue weighted by molar-refractivity contribution is 5.98. The molecule has 5 nitrogen and oxygen atoms in total. The summed E-state index contributed by atoms with van der Waals surface area (Å²) in [6.07, 6.45) is 2.18. The summed E-state index contributed by atoms with van der Waals surface area (Å²) in [4.78, 5) is 4.93. The highest BCUT2D eigenvalue weighted by atomic mass is 16.5. The highest BCUT2D eigenvalue weighted by Crippen LogP contribution is 2.35. The standard InChI is InChI=1S/C27H32N2O3/c30-18-21-6-2-4-8-26(21)27-16-24(15-20-5-1-3-7-25(20)27)32-19-23(31)17-28-11-13-29(14-12-28)22-9-10-22/h1-8,15-16,22-23,30-31H,9-14,17-19H2. The van der Waals surface area contributed by atoms with Crippen LogP contribution in [-0.4, -0.2) is 71.5 Å². The number of nitrogens with zero attached hydrogens (tertiary/aromatic N) is 2. The van der Waals surface area contributed by atoms with E-state index in [0.29, 0.717) is 6.54 Å². The lowest BCUT2D eigenvalue weighted by Gasteiger charge is -2.35. The zero-order valence-electron chi connectivity index (χ0n) is 18.5. The molecule has 1 unspecified atom stereocenters. The maximum Gasteiger partial charge on any atom is 0.120 e. The third kappa shape index (κ3) is 4.81. The zero-order chi connectivity index (χ0) is 21.9. The van der Waals surface area contributed by atoms with Crippen LogP contribution in [0.15, 0.2) is 60.7 Å². The summed E-state index contributed by atoms with van der Waals surface area (Å²) in [7, 11) is 0. The third-order valence-electron chi connectivity index (χ3n) is 6.69. The lowest BCUT2D eigenvalue weighted by molar-refractivity contribution is 0.0446. The Kier molecular flexibility index (Phi) is 6.42. The second-order valence-electron chi connectivity index (χ2n) is 9.04. The Morgan fingerprint density at radius 1 is 0.906 bits per heavy atom. The molecule has 1 aliphatic carbocycles. The molecule has 0 spiro atoms. The van der Waals surface area contributed by atoms with Crippen LogP contribution in [0.1, 0.15) is 18.4 Å². The number of aliphatic hydroxyl groups excluding tert-OH is 2. The summed E-state index contributed by atoms with van der Waals surface area (Å²) >= 11 is 0. The van der Waals surface area contributed by atoms with Crippen molar-refractivity contribution < 1.29 is 14.9 Å². The maximum atomic E-state index is 10.6. The molecule has 2 aliphatic rings. The van der Waals surface area contributed by atoms with E-state index in [1.54, 1.807) is 0 Å². The van der Waals surface area contributed by atoms with E-state index in [2.05, 4.69) is 21.9 Å². The number of hydrogen-bond acceptors (Lipinski definition) is 5. The number of piperazine rings is 1. The van der Waals surface area contributed by atoms with Crippen LogP contribution in [0.2, 0.25) is 0 Å². The van der Waals surface area contributed by atoms with Crippen molar-refractivity contribution in [3.05, 3.63) is 66.2 Å². The number of aliphatic hydroxyl groups is 2. The normalized spacial score (nSPS) is 18.7. The zero-order valence-corrected chi connectivity index (χ0v) is 18.5. The van der Waals surface area contributed by atoms with Gasteiger partial charge in [0.25, 0.3) is 0 Å². The third-order valence-corrected chi connectivity index (χ3v) is 6.69. The predicted molar refractivity (Wildman–Crippen MR) is 128 cm³/mol. The Morgan fingerprint density at radius 2 is 1.66 bits per heavy atom. The van der Waals surface area contributed by atoms with Crippen LogP contribution in [0.4, 0.5) is 0 Å². The van der Waals surface area contributed by atoms with Gasteiger partial charge in [0, 0.05) is 38.8 Å². The lowest BCUT2D eigenvalue weighted by atomic mass is 9.94. The topological polar surface area (TPSA) is 56.2 Å². The van der Waals surface area contributed by atoms with Gasteiger partial charge in [-0.25, -0.2) is 0 Å². The van der Waals surface area contributed by atoms with Gasteiger partial charge in [0.1, 0.15) is 18.5 Å². The molecule has 0 bridgehead atoms. The molecule has 5 heteroatoms. The molecule has 1 heterocycles. The number of ether oxygens (including phenoxy) is 1. The fraction of sp³-hybridized carbons (Fsp3) is 0.407. The quantitative estimate of drug-likeness (QED) is 0.571. The van der Waals surface area contributed by atoms with Gasteiger partial charge in [-0.1, -0.05) is 48.5 Å². The summed E-state index contributed by atoms with van der Waals surface area (Å²) in [5.41, 5.74) is 2.93. The SMILES string of the molecule is OCc1ccccc1-c1cc(OCC(O)CN2CCN(C3CC3)CC2)cc2ccccc12. The summed E-state index contributed by atoms with van der Waals surface area (Å²) in [5.74, 6) is 0.740. The van der Waals surface area contributed by atoms with E-state index in [-0.39, 0.29) is 13.2 Å². The summed E-state index contributed by atoms with van der Waals surface area (Å²) < 4.78 is 6.07. The van der Waals surface area contributed by atoms with E-state index in [9.17, 15) is 10.2 Å². The summed E-state index contributed by atoms with van der Waals surface area (Å²) in [5, 5.41) is 22.7. The minimum absolute atomic E-state index is 0.0116. The minimum Gasteiger partial charge on any atom is -0.491 e. The van der Waals surface area contributed by atoms with Gasteiger partial charge in [-0.3, -0.25) is 9.80 Å². The first-order valence-electron chi connectivity index (χ1n) is 11.7. The van der Waals surface area contributed by atoms with Gasteiger partial charge in [0.15, 0.2) is 0 Å². The van der Waals surface area contributed by atoms with Gasteiger partial charge in [0.05, 0.1) is 6.61 Å². The Bertz CT molecular complexity index is 1060. The fourth-order valence-electron chi connectivity index (χ4n) is 4.80. The maximum absolute atomic E-state index is 10.6. The number of hydrogen-bond donors (Lipinski definition) is 2. The van der Waals surface area contributed by atoms with Crippen LogP contribution in [0.25, 0.3) is 21.9 Å². The number of rotatable bonds is 8. The van der Waals surface area contributed by atoms with Gasteiger partial charge < -0.3 is 14.9 Å². The van der Waals surface area contributed by atoms with Gasteiger partial charge >= 0.3 is 0 Å². The molecule has 1 aliphatic heterocycles. The average molecular weight is 433 g/mol. The fourth-order valence-corrected chi connectivity index (χ4v) is 4.80. The molecule has 3 aromatic rings. The Hall–Kier alpha value is -2.44. The van der Waals surface area contributed by atoms with E-state index < -0.39 is 6.10 Å². The van der Waals surface area contributed by atoms with Crippen LogP contribution in [-0.2, 0) is 6.61 Å². The smallest absolute Gasteiger partial charge is 0.120 e. The molecular weight excluding hydrogens is 400 g/mol. The van der Waals surface area contributed by atoms with Crippen molar-refractivity contribution >= 4 is 10.8 Å². The number of β-amino-alcohol motifs (C(OH)–C–C–N with tert-alkyl or cyclic N) is 1. The number of benzene rings is 3. The Morgan fingerprint density at radius 3 is 2.44 bits per heavy atom. The lowest BCUT2D eigenvalue weighted by Crippen LogP contribution is -2.49. The van der Waals surface area contributed by atoms with Crippen molar-refractivity contribution in [1.82, 2.24) is 9.80 Å². The van der Waals surface area contributed by atoms with E-state index in [4.69, 9.17) is 4.74 Å². The molecule has 0 radical (unpaired) electrons. The van der Waals surface area contributed by atoms with Crippen molar-refractivity contribution in [3.63, 3.8) is 0 Å². The van der Waals surface area contributed by atoms with E-state index in [1.807, 2.05) is 48.5 Å². The monoisotopic (exact) mass is 432 g/mol. The first-order chi connectivity index (χ1) is 15.7. The molecule has 32 heavy (non-hydrogen) atoms. The molecule has 168 valence electrons. The van der Waals surface area contributed by atoms with E-state index in [0.717, 1.165) is 65.4 Å². The average Bonchev–Trinajstić information content (AvgIpc) is 3.68. The molecule has 1 saturated heterocycles. The molecule has 2 fully saturated rings. The molecule has 5 rings (SSSR count). The first kappa shape index (κ1) is 21.4. The Balaban J connectivity index is 1.28. The van der Waals surface area contributed by atoms with Crippen LogP contribution in [0.5, 0.6) is 5.75 Å². The van der Waals surface area contributed by atoms with Crippen molar-refractivity contribution in [2.24, 2.45) is 0 Å².